The molecular weight excluding hydrogens is 280 g/mol. The second-order valence-electron chi connectivity index (χ2n) is 5.43. The van der Waals surface area contributed by atoms with E-state index in [2.05, 4.69) is 20.3 Å². The van der Waals surface area contributed by atoms with E-state index in [-0.39, 0.29) is 0 Å². The van der Waals surface area contributed by atoms with Crippen LogP contribution in [-0.4, -0.2) is 52.9 Å². The fourth-order valence-corrected chi connectivity index (χ4v) is 2.87. The van der Waals surface area contributed by atoms with E-state index in [1.807, 2.05) is 29.6 Å². The average molecular weight is 298 g/mol. The Hall–Kier alpha value is -2.41. The number of fused-ring (bicyclic) bond motifs is 3. The molecule has 0 aliphatic carbocycles. The number of hydrogen-bond acceptors (Lipinski definition) is 6. The van der Waals surface area contributed by atoms with E-state index in [4.69, 9.17) is 9.72 Å². The third-order valence-corrected chi connectivity index (χ3v) is 3.97. The standard InChI is InChI=1S/C15H18N6O/c1-10-17-14-12-9-11(22-2)3-4-13(12)18-15(21(14)19-10)20-7-5-16-6-8-20/h3-4,9,16H,5-8H2,1-2H3. The van der Waals surface area contributed by atoms with Gasteiger partial charge in [0.05, 0.1) is 12.6 Å². The van der Waals surface area contributed by atoms with Gasteiger partial charge in [0.1, 0.15) is 11.6 Å². The van der Waals surface area contributed by atoms with Gasteiger partial charge in [0, 0.05) is 31.6 Å². The number of aryl methyl sites for hydroxylation is 1. The van der Waals surface area contributed by atoms with Crippen molar-refractivity contribution < 1.29 is 4.74 Å². The first-order valence-corrected chi connectivity index (χ1v) is 7.43. The van der Waals surface area contributed by atoms with Crippen LogP contribution in [0.4, 0.5) is 5.95 Å². The maximum absolute atomic E-state index is 5.32. The maximum atomic E-state index is 5.32. The first-order valence-electron chi connectivity index (χ1n) is 7.43. The predicted octanol–water partition coefficient (Wildman–Crippen LogP) is 1.00. The van der Waals surface area contributed by atoms with Gasteiger partial charge >= 0.3 is 0 Å². The predicted molar refractivity (Wildman–Crippen MR) is 84.7 cm³/mol. The summed E-state index contributed by atoms with van der Waals surface area (Å²) in [5.41, 5.74) is 1.74. The van der Waals surface area contributed by atoms with Gasteiger partial charge in [-0.05, 0) is 25.1 Å². The molecule has 114 valence electrons. The highest BCUT2D eigenvalue weighted by molar-refractivity contribution is 5.93. The Balaban J connectivity index is 1.99. The first-order chi connectivity index (χ1) is 10.8. The molecule has 2 aromatic heterocycles. The van der Waals surface area contributed by atoms with Crippen LogP contribution in [0.2, 0.25) is 0 Å². The summed E-state index contributed by atoms with van der Waals surface area (Å²) in [5.74, 6) is 2.40. The lowest BCUT2D eigenvalue weighted by atomic mass is 10.2. The first kappa shape index (κ1) is 13.3. The molecule has 3 aromatic rings. The molecule has 7 nitrogen and oxygen atoms in total. The van der Waals surface area contributed by atoms with Crippen LogP contribution in [0, 0.1) is 6.92 Å². The molecule has 1 N–H and O–H groups in total. The number of nitrogens with zero attached hydrogens (tertiary/aromatic N) is 5. The quantitative estimate of drug-likeness (QED) is 0.761. The molecule has 0 radical (unpaired) electrons. The molecule has 1 saturated heterocycles. The molecule has 4 rings (SSSR count). The zero-order valence-electron chi connectivity index (χ0n) is 12.7. The molecule has 0 saturated carbocycles. The van der Waals surface area contributed by atoms with Crippen molar-refractivity contribution in [1.29, 1.82) is 0 Å². The summed E-state index contributed by atoms with van der Waals surface area (Å²) in [5, 5.41) is 8.85. The number of hydrogen-bond donors (Lipinski definition) is 1. The van der Waals surface area contributed by atoms with Gasteiger partial charge in [-0.15, -0.1) is 5.10 Å². The highest BCUT2D eigenvalue weighted by Crippen LogP contribution is 2.26. The van der Waals surface area contributed by atoms with E-state index in [0.29, 0.717) is 0 Å². The van der Waals surface area contributed by atoms with E-state index in [1.165, 1.54) is 0 Å². The van der Waals surface area contributed by atoms with E-state index >= 15 is 0 Å². The van der Waals surface area contributed by atoms with Crippen molar-refractivity contribution in [2.45, 2.75) is 6.92 Å². The summed E-state index contributed by atoms with van der Waals surface area (Å²) in [6, 6.07) is 5.87. The van der Waals surface area contributed by atoms with E-state index in [1.54, 1.807) is 7.11 Å². The highest BCUT2D eigenvalue weighted by Gasteiger charge is 2.19. The van der Waals surface area contributed by atoms with Crippen LogP contribution in [0.15, 0.2) is 18.2 Å². The van der Waals surface area contributed by atoms with Crippen molar-refractivity contribution in [3.05, 3.63) is 24.0 Å². The Morgan fingerprint density at radius 1 is 1.18 bits per heavy atom. The smallest absolute Gasteiger partial charge is 0.229 e. The van der Waals surface area contributed by atoms with Gasteiger partial charge < -0.3 is 15.0 Å². The Labute approximate surface area is 127 Å². The van der Waals surface area contributed by atoms with Crippen molar-refractivity contribution in [2.24, 2.45) is 0 Å². The number of piperazine rings is 1. The molecule has 1 aromatic carbocycles. The number of nitrogens with one attached hydrogen (secondary N) is 1. The Bertz CT molecular complexity index is 837. The van der Waals surface area contributed by atoms with Crippen LogP contribution >= 0.6 is 0 Å². The van der Waals surface area contributed by atoms with Gasteiger partial charge in [0.15, 0.2) is 5.65 Å². The van der Waals surface area contributed by atoms with Crippen LogP contribution in [-0.2, 0) is 0 Å². The molecule has 0 unspecified atom stereocenters. The Kier molecular flexibility index (Phi) is 3.07. The zero-order valence-corrected chi connectivity index (χ0v) is 12.7. The highest BCUT2D eigenvalue weighted by atomic mass is 16.5. The number of aromatic nitrogens is 4. The molecule has 0 amide bonds. The van der Waals surface area contributed by atoms with Crippen molar-refractivity contribution in [2.75, 3.05) is 38.2 Å². The molecule has 1 aliphatic rings. The summed E-state index contributed by atoms with van der Waals surface area (Å²) in [7, 11) is 1.66. The van der Waals surface area contributed by atoms with Crippen molar-refractivity contribution in [1.82, 2.24) is 24.9 Å². The molecule has 0 bridgehead atoms. The van der Waals surface area contributed by atoms with Crippen molar-refractivity contribution in [3.8, 4) is 5.75 Å². The second-order valence-corrected chi connectivity index (χ2v) is 5.43. The van der Waals surface area contributed by atoms with Gasteiger partial charge in [-0.1, -0.05) is 0 Å². The van der Waals surface area contributed by atoms with Crippen LogP contribution < -0.4 is 15.0 Å². The van der Waals surface area contributed by atoms with Gasteiger partial charge in [-0.2, -0.15) is 4.52 Å². The molecular formula is C15H18N6O. The molecule has 0 atom stereocenters. The number of methoxy groups -OCH3 is 1. The van der Waals surface area contributed by atoms with E-state index in [0.717, 1.165) is 60.3 Å². The van der Waals surface area contributed by atoms with E-state index in [9.17, 15) is 0 Å². The minimum absolute atomic E-state index is 0.744. The van der Waals surface area contributed by atoms with Gasteiger partial charge in [-0.25, -0.2) is 9.97 Å². The van der Waals surface area contributed by atoms with Crippen molar-refractivity contribution >= 4 is 22.5 Å². The lowest BCUT2D eigenvalue weighted by molar-refractivity contribution is 0.415. The molecule has 22 heavy (non-hydrogen) atoms. The summed E-state index contributed by atoms with van der Waals surface area (Å²) >= 11 is 0. The van der Waals surface area contributed by atoms with Crippen molar-refractivity contribution in [3.63, 3.8) is 0 Å². The summed E-state index contributed by atoms with van der Waals surface area (Å²) in [4.78, 5) is 11.7. The minimum atomic E-state index is 0.744. The van der Waals surface area contributed by atoms with Crippen LogP contribution in [0.1, 0.15) is 5.82 Å². The third-order valence-electron chi connectivity index (χ3n) is 3.97. The van der Waals surface area contributed by atoms with Gasteiger partial charge in [0.25, 0.3) is 0 Å². The van der Waals surface area contributed by atoms with Crippen LogP contribution in [0.5, 0.6) is 5.75 Å². The molecule has 1 fully saturated rings. The molecule has 3 heterocycles. The monoisotopic (exact) mass is 298 g/mol. The fraction of sp³-hybridized carbons (Fsp3) is 0.400. The maximum Gasteiger partial charge on any atom is 0.229 e. The molecule has 1 aliphatic heterocycles. The largest absolute Gasteiger partial charge is 0.497 e. The SMILES string of the molecule is COc1ccc2nc(N3CCNCC3)n3nc(C)nc3c2c1. The van der Waals surface area contributed by atoms with Crippen LogP contribution in [0.25, 0.3) is 16.6 Å². The fourth-order valence-electron chi connectivity index (χ4n) is 2.87. The zero-order chi connectivity index (χ0) is 15.1. The number of rotatable bonds is 2. The molecule has 7 heteroatoms. The minimum Gasteiger partial charge on any atom is -0.497 e. The lowest BCUT2D eigenvalue weighted by Gasteiger charge is -2.28. The summed E-state index contributed by atoms with van der Waals surface area (Å²) in [6.45, 7) is 5.65. The van der Waals surface area contributed by atoms with Crippen LogP contribution in [0.3, 0.4) is 0 Å². The van der Waals surface area contributed by atoms with Gasteiger partial charge in [0.2, 0.25) is 5.95 Å². The van der Waals surface area contributed by atoms with E-state index < -0.39 is 0 Å². The summed E-state index contributed by atoms with van der Waals surface area (Å²) < 4.78 is 7.17. The number of anilines is 1. The lowest BCUT2D eigenvalue weighted by Crippen LogP contribution is -2.44. The molecule has 0 spiro atoms. The number of benzene rings is 1. The topological polar surface area (TPSA) is 67.6 Å². The summed E-state index contributed by atoms with van der Waals surface area (Å²) in [6.07, 6.45) is 0. The average Bonchev–Trinajstić information content (AvgIpc) is 2.96. The third kappa shape index (κ3) is 2.05. The Morgan fingerprint density at radius 2 is 2.00 bits per heavy atom. The van der Waals surface area contributed by atoms with Gasteiger partial charge in [-0.3, -0.25) is 0 Å². The number of ether oxygens (including phenoxy) is 1. The second kappa shape index (κ2) is 5.10. The normalized spacial score (nSPS) is 15.6. The Morgan fingerprint density at radius 3 is 2.77 bits per heavy atom.